The molecule has 3 heterocycles. The fourth-order valence-corrected chi connectivity index (χ4v) is 3.24. The van der Waals surface area contributed by atoms with Crippen LogP contribution >= 0.6 is 0 Å². The first-order valence-electron chi connectivity index (χ1n) is 7.45. The highest BCUT2D eigenvalue weighted by atomic mass is 19.1. The average Bonchev–Trinajstić information content (AvgIpc) is 3.17. The SMILES string of the molecule is Cn1c(N2CCCC(c3ncn[nH]3)C2)nc2c(F)cccc21. The zero-order valence-electron chi connectivity index (χ0n) is 12.3. The van der Waals surface area contributed by atoms with Crippen molar-refractivity contribution in [3.05, 3.63) is 36.2 Å². The van der Waals surface area contributed by atoms with Gasteiger partial charge < -0.3 is 9.47 Å². The Morgan fingerprint density at radius 2 is 2.27 bits per heavy atom. The number of para-hydroxylation sites is 1. The van der Waals surface area contributed by atoms with Crippen molar-refractivity contribution in [2.24, 2.45) is 7.05 Å². The van der Waals surface area contributed by atoms with Crippen molar-refractivity contribution in [2.45, 2.75) is 18.8 Å². The first-order chi connectivity index (χ1) is 10.7. The molecule has 2 aromatic heterocycles. The first kappa shape index (κ1) is 13.2. The van der Waals surface area contributed by atoms with E-state index in [0.29, 0.717) is 11.4 Å². The van der Waals surface area contributed by atoms with Gasteiger partial charge in [0, 0.05) is 26.1 Å². The van der Waals surface area contributed by atoms with Crippen molar-refractivity contribution >= 4 is 17.0 Å². The van der Waals surface area contributed by atoms with Crippen LogP contribution in [0.5, 0.6) is 0 Å². The number of aromatic nitrogens is 5. The standard InChI is InChI=1S/C15H17FN6/c1-21-12-6-2-5-11(16)13(12)19-15(21)22-7-3-4-10(8-22)14-17-9-18-20-14/h2,5-6,9-10H,3-4,7-8H2,1H3,(H,17,18,20). The molecule has 1 fully saturated rings. The number of benzene rings is 1. The minimum absolute atomic E-state index is 0.275. The fraction of sp³-hybridized carbons (Fsp3) is 0.400. The van der Waals surface area contributed by atoms with Gasteiger partial charge in [0.05, 0.1) is 5.52 Å². The van der Waals surface area contributed by atoms with Crippen molar-refractivity contribution in [3.8, 4) is 0 Å². The lowest BCUT2D eigenvalue weighted by molar-refractivity contribution is 0.484. The highest BCUT2D eigenvalue weighted by molar-refractivity contribution is 5.79. The Labute approximate surface area is 127 Å². The number of imidazole rings is 1. The summed E-state index contributed by atoms with van der Waals surface area (Å²) in [5.41, 5.74) is 1.25. The Balaban J connectivity index is 1.69. The molecule has 0 bridgehead atoms. The number of hydrogen-bond donors (Lipinski definition) is 1. The lowest BCUT2D eigenvalue weighted by Crippen LogP contribution is -2.36. The molecule has 0 radical (unpaired) electrons. The molecule has 3 aromatic rings. The van der Waals surface area contributed by atoms with E-state index in [1.54, 1.807) is 12.4 Å². The van der Waals surface area contributed by atoms with Crippen LogP contribution in [-0.4, -0.2) is 37.8 Å². The summed E-state index contributed by atoms with van der Waals surface area (Å²) in [4.78, 5) is 11.0. The second-order valence-electron chi connectivity index (χ2n) is 5.73. The van der Waals surface area contributed by atoms with Crippen LogP contribution in [0.3, 0.4) is 0 Å². The number of nitrogens with zero attached hydrogens (tertiary/aromatic N) is 5. The lowest BCUT2D eigenvalue weighted by atomic mass is 9.98. The maximum absolute atomic E-state index is 13.9. The largest absolute Gasteiger partial charge is 0.342 e. The number of aromatic amines is 1. The van der Waals surface area contributed by atoms with Crippen molar-refractivity contribution in [3.63, 3.8) is 0 Å². The number of halogens is 1. The minimum atomic E-state index is -0.275. The van der Waals surface area contributed by atoms with Crippen LogP contribution < -0.4 is 4.90 Å². The number of piperidine rings is 1. The summed E-state index contributed by atoms with van der Waals surface area (Å²) in [6, 6.07) is 5.07. The van der Waals surface area contributed by atoms with Crippen LogP contribution in [0.1, 0.15) is 24.6 Å². The summed E-state index contributed by atoms with van der Waals surface area (Å²) < 4.78 is 15.9. The number of rotatable bonds is 2. The van der Waals surface area contributed by atoms with Crippen molar-refractivity contribution in [1.29, 1.82) is 0 Å². The number of hydrogen-bond acceptors (Lipinski definition) is 4. The quantitative estimate of drug-likeness (QED) is 0.788. The molecule has 1 unspecified atom stereocenters. The van der Waals surface area contributed by atoms with Gasteiger partial charge in [0.15, 0.2) is 5.82 Å². The maximum atomic E-state index is 13.9. The predicted molar refractivity (Wildman–Crippen MR) is 81.2 cm³/mol. The van der Waals surface area contributed by atoms with Gasteiger partial charge in [-0.1, -0.05) is 6.07 Å². The summed E-state index contributed by atoms with van der Waals surface area (Å²) in [6.07, 6.45) is 3.67. The summed E-state index contributed by atoms with van der Waals surface area (Å²) in [6.45, 7) is 1.73. The molecule has 1 aromatic carbocycles. The van der Waals surface area contributed by atoms with Gasteiger partial charge in [-0.3, -0.25) is 5.10 Å². The molecule has 0 spiro atoms. The van der Waals surface area contributed by atoms with Crippen LogP contribution in [0, 0.1) is 5.82 Å². The van der Waals surface area contributed by atoms with Crippen molar-refractivity contribution in [2.75, 3.05) is 18.0 Å². The minimum Gasteiger partial charge on any atom is -0.342 e. The molecule has 6 nitrogen and oxygen atoms in total. The lowest BCUT2D eigenvalue weighted by Gasteiger charge is -2.32. The van der Waals surface area contributed by atoms with E-state index in [2.05, 4.69) is 25.1 Å². The maximum Gasteiger partial charge on any atom is 0.206 e. The Kier molecular flexibility index (Phi) is 3.06. The number of H-pyrrole nitrogens is 1. The molecule has 114 valence electrons. The van der Waals surface area contributed by atoms with Gasteiger partial charge in [-0.2, -0.15) is 5.10 Å². The third-order valence-electron chi connectivity index (χ3n) is 4.36. The molecule has 0 saturated carbocycles. The third-order valence-corrected chi connectivity index (χ3v) is 4.36. The smallest absolute Gasteiger partial charge is 0.206 e. The topological polar surface area (TPSA) is 62.6 Å². The molecule has 1 saturated heterocycles. The van der Waals surface area contributed by atoms with Crippen molar-refractivity contribution in [1.82, 2.24) is 24.7 Å². The Morgan fingerprint density at radius 1 is 1.36 bits per heavy atom. The van der Waals surface area contributed by atoms with Crippen molar-refractivity contribution < 1.29 is 4.39 Å². The van der Waals surface area contributed by atoms with Crippen LogP contribution in [0.4, 0.5) is 10.3 Å². The number of anilines is 1. The van der Waals surface area contributed by atoms with Gasteiger partial charge in [0.1, 0.15) is 17.7 Å². The number of fused-ring (bicyclic) bond motifs is 1. The highest BCUT2D eigenvalue weighted by Gasteiger charge is 2.26. The molecular weight excluding hydrogens is 283 g/mol. The summed E-state index contributed by atoms with van der Waals surface area (Å²) in [5, 5.41) is 6.89. The Bertz CT molecular complexity index is 794. The molecular formula is C15H17FN6. The van der Waals surface area contributed by atoms with Gasteiger partial charge in [-0.25, -0.2) is 14.4 Å². The van der Waals surface area contributed by atoms with Crippen LogP contribution in [-0.2, 0) is 7.05 Å². The Hall–Kier alpha value is -2.44. The first-order valence-corrected chi connectivity index (χ1v) is 7.45. The number of nitrogens with one attached hydrogen (secondary N) is 1. The monoisotopic (exact) mass is 300 g/mol. The Morgan fingerprint density at radius 3 is 3.05 bits per heavy atom. The molecule has 0 aliphatic carbocycles. The molecule has 1 N–H and O–H groups in total. The molecule has 0 amide bonds. The normalized spacial score (nSPS) is 19.0. The van der Waals surface area contributed by atoms with E-state index in [4.69, 9.17) is 0 Å². The van der Waals surface area contributed by atoms with E-state index in [1.165, 1.54) is 6.07 Å². The van der Waals surface area contributed by atoms with E-state index in [-0.39, 0.29) is 5.82 Å². The zero-order valence-corrected chi connectivity index (χ0v) is 12.3. The summed E-state index contributed by atoms with van der Waals surface area (Å²) in [7, 11) is 1.93. The van der Waals surface area contributed by atoms with E-state index in [0.717, 1.165) is 43.2 Å². The van der Waals surface area contributed by atoms with Crippen LogP contribution in [0.2, 0.25) is 0 Å². The van der Waals surface area contributed by atoms with Gasteiger partial charge >= 0.3 is 0 Å². The van der Waals surface area contributed by atoms with Gasteiger partial charge in [0.2, 0.25) is 5.95 Å². The van der Waals surface area contributed by atoms with Gasteiger partial charge in [0.25, 0.3) is 0 Å². The second kappa shape index (κ2) is 5.08. The average molecular weight is 300 g/mol. The van der Waals surface area contributed by atoms with E-state index < -0.39 is 0 Å². The van der Waals surface area contributed by atoms with E-state index in [9.17, 15) is 4.39 Å². The predicted octanol–water partition coefficient (Wildman–Crippen LogP) is 2.21. The highest BCUT2D eigenvalue weighted by Crippen LogP contribution is 2.29. The fourth-order valence-electron chi connectivity index (χ4n) is 3.24. The number of aryl methyl sites for hydroxylation is 1. The molecule has 7 heteroatoms. The summed E-state index contributed by atoms with van der Waals surface area (Å²) >= 11 is 0. The van der Waals surface area contributed by atoms with Gasteiger partial charge in [-0.15, -0.1) is 0 Å². The molecule has 22 heavy (non-hydrogen) atoms. The molecule has 1 aliphatic heterocycles. The van der Waals surface area contributed by atoms with E-state index in [1.807, 2.05) is 17.7 Å². The zero-order chi connectivity index (χ0) is 15.1. The van der Waals surface area contributed by atoms with Crippen LogP contribution in [0.25, 0.3) is 11.0 Å². The van der Waals surface area contributed by atoms with E-state index >= 15 is 0 Å². The summed E-state index contributed by atoms with van der Waals surface area (Å²) in [5.74, 6) is 1.75. The second-order valence-corrected chi connectivity index (χ2v) is 5.73. The molecule has 4 rings (SSSR count). The third kappa shape index (κ3) is 2.04. The molecule has 1 atom stereocenters. The van der Waals surface area contributed by atoms with Gasteiger partial charge in [-0.05, 0) is 25.0 Å². The van der Waals surface area contributed by atoms with Crippen LogP contribution in [0.15, 0.2) is 24.5 Å². The molecule has 1 aliphatic rings.